The number of fused-ring (bicyclic) bond motifs is 1. The lowest BCUT2D eigenvalue weighted by Gasteiger charge is -2.20. The Morgan fingerprint density at radius 2 is 2.30 bits per heavy atom. The van der Waals surface area contributed by atoms with Gasteiger partial charge < -0.3 is 4.90 Å². The second-order valence-electron chi connectivity index (χ2n) is 6.32. The predicted octanol–water partition coefficient (Wildman–Crippen LogP) is 1.98. The van der Waals surface area contributed by atoms with Crippen molar-refractivity contribution in [2.24, 2.45) is 0 Å². The zero-order chi connectivity index (χ0) is 15.8. The van der Waals surface area contributed by atoms with Crippen molar-refractivity contribution < 1.29 is 4.90 Å². The van der Waals surface area contributed by atoms with Crippen molar-refractivity contribution in [2.45, 2.75) is 32.4 Å². The quantitative estimate of drug-likeness (QED) is 0.799. The molecule has 1 unspecified atom stereocenters. The number of aryl methyl sites for hydroxylation is 1. The number of likely N-dealkylation sites (tertiary alicyclic amines) is 1. The van der Waals surface area contributed by atoms with Crippen molar-refractivity contribution in [3.8, 4) is 0 Å². The standard InChI is InChI=1S/C18H19N3OS/c1-13-6-7-17-19-14(10-18(22)21(17)11-13)12-20-8-2-4-15(20)16-5-3-9-23-16/h3,5-7,9-11,15H,2,4,8,12H2,1H3/p+1/t15-/m0/s1. The fourth-order valence-electron chi connectivity index (χ4n) is 3.54. The van der Waals surface area contributed by atoms with E-state index in [1.807, 2.05) is 36.6 Å². The van der Waals surface area contributed by atoms with E-state index in [9.17, 15) is 4.79 Å². The van der Waals surface area contributed by atoms with Gasteiger partial charge in [-0.2, -0.15) is 0 Å². The van der Waals surface area contributed by atoms with Crippen LogP contribution in [0.15, 0.2) is 46.7 Å². The molecule has 2 atom stereocenters. The summed E-state index contributed by atoms with van der Waals surface area (Å²) in [7, 11) is 0. The van der Waals surface area contributed by atoms with Gasteiger partial charge in [-0.15, -0.1) is 11.3 Å². The van der Waals surface area contributed by atoms with E-state index in [2.05, 4.69) is 17.5 Å². The topological polar surface area (TPSA) is 38.8 Å². The molecule has 1 saturated heterocycles. The molecule has 23 heavy (non-hydrogen) atoms. The van der Waals surface area contributed by atoms with E-state index in [4.69, 9.17) is 4.98 Å². The lowest BCUT2D eigenvalue weighted by atomic mass is 10.2. The van der Waals surface area contributed by atoms with Crippen molar-refractivity contribution in [1.29, 1.82) is 0 Å². The molecule has 1 N–H and O–H groups in total. The van der Waals surface area contributed by atoms with Crippen LogP contribution in [0.25, 0.3) is 5.65 Å². The van der Waals surface area contributed by atoms with Crippen molar-refractivity contribution >= 4 is 17.0 Å². The minimum Gasteiger partial charge on any atom is -0.323 e. The first-order valence-electron chi connectivity index (χ1n) is 8.07. The number of nitrogens with one attached hydrogen (secondary N) is 1. The summed E-state index contributed by atoms with van der Waals surface area (Å²) < 4.78 is 1.63. The predicted molar refractivity (Wildman–Crippen MR) is 92.0 cm³/mol. The van der Waals surface area contributed by atoms with Gasteiger partial charge in [-0.25, -0.2) is 4.98 Å². The van der Waals surface area contributed by atoms with Crippen LogP contribution in [0.1, 0.15) is 35.0 Å². The van der Waals surface area contributed by atoms with Gasteiger partial charge >= 0.3 is 0 Å². The molecular formula is C18H20N3OS+. The third-order valence-corrected chi connectivity index (χ3v) is 5.62. The molecule has 3 aromatic rings. The Bertz CT molecular complexity index is 885. The van der Waals surface area contributed by atoms with Crippen LogP contribution in [0.2, 0.25) is 0 Å². The van der Waals surface area contributed by atoms with Crippen LogP contribution in [0, 0.1) is 6.92 Å². The van der Waals surface area contributed by atoms with E-state index in [1.165, 1.54) is 22.6 Å². The number of pyridine rings is 1. The van der Waals surface area contributed by atoms with Crippen molar-refractivity contribution in [3.63, 3.8) is 0 Å². The molecule has 4 heterocycles. The first-order chi connectivity index (χ1) is 11.2. The maximum atomic E-state index is 12.4. The molecule has 1 aliphatic rings. The maximum Gasteiger partial charge on any atom is 0.258 e. The van der Waals surface area contributed by atoms with Crippen LogP contribution < -0.4 is 10.5 Å². The molecule has 1 fully saturated rings. The molecule has 0 radical (unpaired) electrons. The van der Waals surface area contributed by atoms with Gasteiger partial charge in [-0.1, -0.05) is 12.1 Å². The summed E-state index contributed by atoms with van der Waals surface area (Å²) in [6.07, 6.45) is 4.32. The Morgan fingerprint density at radius 3 is 3.13 bits per heavy atom. The molecule has 4 rings (SSSR count). The molecule has 5 heteroatoms. The van der Waals surface area contributed by atoms with E-state index in [0.717, 1.165) is 30.0 Å². The van der Waals surface area contributed by atoms with Gasteiger partial charge in [-0.05, 0) is 30.0 Å². The minimum absolute atomic E-state index is 0.0139. The van der Waals surface area contributed by atoms with E-state index in [0.29, 0.717) is 6.04 Å². The van der Waals surface area contributed by atoms with Gasteiger partial charge in [0, 0.05) is 25.1 Å². The summed E-state index contributed by atoms with van der Waals surface area (Å²) in [5.41, 5.74) is 2.72. The Hall–Kier alpha value is -1.98. The average molecular weight is 326 g/mol. The number of hydrogen-bond acceptors (Lipinski definition) is 3. The molecule has 0 spiro atoms. The normalized spacial score (nSPS) is 21.1. The molecule has 3 aromatic heterocycles. The van der Waals surface area contributed by atoms with Crippen LogP contribution in [-0.4, -0.2) is 15.9 Å². The summed E-state index contributed by atoms with van der Waals surface area (Å²) in [5.74, 6) is 0. The minimum atomic E-state index is 0.0139. The first kappa shape index (κ1) is 14.6. The number of aromatic nitrogens is 2. The SMILES string of the molecule is Cc1ccc2nc(C[NH+]3CCC[C@H]3c3cccs3)cc(=O)n2c1. The fraction of sp³-hybridized carbons (Fsp3) is 0.333. The molecular weight excluding hydrogens is 306 g/mol. The highest BCUT2D eigenvalue weighted by Crippen LogP contribution is 2.23. The van der Waals surface area contributed by atoms with Crippen molar-refractivity contribution in [3.05, 3.63) is 68.4 Å². The Morgan fingerprint density at radius 1 is 1.39 bits per heavy atom. The van der Waals surface area contributed by atoms with E-state index in [-0.39, 0.29) is 5.56 Å². The average Bonchev–Trinajstić information content (AvgIpc) is 3.19. The lowest BCUT2D eigenvalue weighted by Crippen LogP contribution is -3.08. The largest absolute Gasteiger partial charge is 0.323 e. The van der Waals surface area contributed by atoms with Crippen LogP contribution in [-0.2, 0) is 6.54 Å². The zero-order valence-electron chi connectivity index (χ0n) is 13.2. The zero-order valence-corrected chi connectivity index (χ0v) is 14.0. The highest BCUT2D eigenvalue weighted by molar-refractivity contribution is 7.10. The smallest absolute Gasteiger partial charge is 0.258 e. The van der Waals surface area contributed by atoms with E-state index >= 15 is 0 Å². The van der Waals surface area contributed by atoms with Crippen LogP contribution >= 0.6 is 11.3 Å². The van der Waals surface area contributed by atoms with Crippen molar-refractivity contribution in [2.75, 3.05) is 6.54 Å². The van der Waals surface area contributed by atoms with E-state index < -0.39 is 0 Å². The number of hydrogen-bond donors (Lipinski definition) is 1. The van der Waals surface area contributed by atoms with Gasteiger partial charge in [-0.3, -0.25) is 9.20 Å². The van der Waals surface area contributed by atoms with Gasteiger partial charge in [0.25, 0.3) is 5.56 Å². The highest BCUT2D eigenvalue weighted by atomic mass is 32.1. The van der Waals surface area contributed by atoms with Crippen LogP contribution in [0.4, 0.5) is 0 Å². The second kappa shape index (κ2) is 5.91. The highest BCUT2D eigenvalue weighted by Gasteiger charge is 2.31. The fourth-order valence-corrected chi connectivity index (χ4v) is 4.46. The molecule has 118 valence electrons. The van der Waals surface area contributed by atoms with E-state index in [1.54, 1.807) is 10.5 Å². The van der Waals surface area contributed by atoms with Crippen LogP contribution in [0.5, 0.6) is 0 Å². The molecule has 0 saturated carbocycles. The van der Waals surface area contributed by atoms with Crippen molar-refractivity contribution in [1.82, 2.24) is 9.38 Å². The lowest BCUT2D eigenvalue weighted by molar-refractivity contribution is -0.932. The number of quaternary nitrogens is 1. The molecule has 0 aromatic carbocycles. The molecule has 1 aliphatic heterocycles. The molecule has 0 aliphatic carbocycles. The molecule has 4 nitrogen and oxygen atoms in total. The van der Waals surface area contributed by atoms with Gasteiger partial charge in [0.1, 0.15) is 23.9 Å². The van der Waals surface area contributed by atoms with Gasteiger partial charge in [0.2, 0.25) is 0 Å². The Balaban J connectivity index is 1.65. The molecule has 0 bridgehead atoms. The molecule has 0 amide bonds. The summed E-state index contributed by atoms with van der Waals surface area (Å²) >= 11 is 1.83. The first-order valence-corrected chi connectivity index (χ1v) is 8.95. The Labute approximate surface area is 139 Å². The summed E-state index contributed by atoms with van der Waals surface area (Å²) in [5, 5.41) is 2.15. The van der Waals surface area contributed by atoms with Gasteiger partial charge in [0.05, 0.1) is 11.4 Å². The number of thiophene rings is 1. The third-order valence-electron chi connectivity index (χ3n) is 4.64. The maximum absolute atomic E-state index is 12.4. The second-order valence-corrected chi connectivity index (χ2v) is 7.29. The van der Waals surface area contributed by atoms with Gasteiger partial charge in [0.15, 0.2) is 0 Å². The summed E-state index contributed by atoms with van der Waals surface area (Å²) in [4.78, 5) is 20.0. The third kappa shape index (κ3) is 2.82. The number of rotatable bonds is 3. The Kier molecular flexibility index (Phi) is 3.75. The summed E-state index contributed by atoms with van der Waals surface area (Å²) in [6, 6.07) is 10.5. The summed E-state index contributed by atoms with van der Waals surface area (Å²) in [6.45, 7) is 3.96. The number of nitrogens with zero attached hydrogens (tertiary/aromatic N) is 2. The van der Waals surface area contributed by atoms with Crippen LogP contribution in [0.3, 0.4) is 0 Å². The monoisotopic (exact) mass is 326 g/mol.